The number of nitro benzene ring substituents is 1. The van der Waals surface area contributed by atoms with Crippen molar-refractivity contribution in [2.75, 3.05) is 0 Å². The second-order valence-corrected chi connectivity index (χ2v) is 6.31. The SMILES string of the molecule is O=C(O)c1ccc(Sc2ccc(Cl)c(Cl)c2)c([N+](=O)[O-])c1C(=O)O. The molecule has 0 spiro atoms. The molecule has 0 unspecified atom stereocenters. The monoisotopic (exact) mass is 387 g/mol. The Kier molecular flexibility index (Phi) is 5.33. The van der Waals surface area contributed by atoms with Crippen LogP contribution in [-0.2, 0) is 0 Å². The van der Waals surface area contributed by atoms with E-state index in [-0.39, 0.29) is 9.92 Å². The lowest BCUT2D eigenvalue weighted by molar-refractivity contribution is -0.388. The highest BCUT2D eigenvalue weighted by Gasteiger charge is 2.31. The fraction of sp³-hybridized carbons (Fsp3) is 0. The van der Waals surface area contributed by atoms with Gasteiger partial charge in [0, 0.05) is 4.90 Å². The number of hydrogen-bond acceptors (Lipinski definition) is 5. The van der Waals surface area contributed by atoms with Gasteiger partial charge >= 0.3 is 11.9 Å². The molecule has 0 fully saturated rings. The van der Waals surface area contributed by atoms with Crippen molar-refractivity contribution in [3.63, 3.8) is 0 Å². The minimum Gasteiger partial charge on any atom is -0.478 e. The van der Waals surface area contributed by atoms with Crippen LogP contribution in [0.25, 0.3) is 0 Å². The van der Waals surface area contributed by atoms with E-state index in [1.165, 1.54) is 18.2 Å². The average Bonchev–Trinajstić information content (AvgIpc) is 2.49. The average molecular weight is 388 g/mol. The smallest absolute Gasteiger partial charge is 0.343 e. The van der Waals surface area contributed by atoms with Gasteiger partial charge in [-0.25, -0.2) is 9.59 Å². The van der Waals surface area contributed by atoms with E-state index in [1.54, 1.807) is 6.07 Å². The molecule has 0 saturated heterocycles. The number of aromatic carboxylic acids is 2. The molecular weight excluding hydrogens is 381 g/mol. The molecule has 0 aliphatic rings. The molecule has 10 heteroatoms. The van der Waals surface area contributed by atoms with Crippen LogP contribution in [0.5, 0.6) is 0 Å². The van der Waals surface area contributed by atoms with Crippen LogP contribution in [-0.4, -0.2) is 27.1 Å². The Labute approximate surface area is 149 Å². The summed E-state index contributed by atoms with van der Waals surface area (Å²) in [5, 5.41) is 30.1. The standard InChI is InChI=1S/C14H7Cl2NO6S/c15-8-3-1-6(5-9(8)16)24-10-4-2-7(13(18)19)11(14(20)21)12(10)17(22)23/h1-5H,(H,18,19)(H,20,21). The fourth-order valence-corrected chi connectivity index (χ4v) is 3.24. The lowest BCUT2D eigenvalue weighted by Crippen LogP contribution is -2.12. The van der Waals surface area contributed by atoms with Gasteiger partial charge in [0.05, 0.1) is 25.4 Å². The summed E-state index contributed by atoms with van der Waals surface area (Å²) in [4.78, 5) is 33.3. The third kappa shape index (κ3) is 3.61. The maximum atomic E-state index is 11.3. The minimum absolute atomic E-state index is 0.0270. The molecule has 2 rings (SSSR count). The summed E-state index contributed by atoms with van der Waals surface area (Å²) in [6.45, 7) is 0. The van der Waals surface area contributed by atoms with Crippen molar-refractivity contribution in [2.45, 2.75) is 9.79 Å². The number of hydrogen-bond donors (Lipinski definition) is 2. The van der Waals surface area contributed by atoms with Crippen LogP contribution < -0.4 is 0 Å². The Bertz CT molecular complexity index is 871. The Balaban J connectivity index is 2.63. The van der Waals surface area contributed by atoms with E-state index in [1.807, 2.05) is 0 Å². The van der Waals surface area contributed by atoms with Crippen molar-refractivity contribution < 1.29 is 24.7 Å². The van der Waals surface area contributed by atoms with Gasteiger partial charge < -0.3 is 10.2 Å². The van der Waals surface area contributed by atoms with Gasteiger partial charge in [0.1, 0.15) is 0 Å². The maximum Gasteiger partial charge on any atom is 0.343 e. The van der Waals surface area contributed by atoms with Crippen molar-refractivity contribution in [3.8, 4) is 0 Å². The third-order valence-electron chi connectivity index (χ3n) is 2.89. The molecule has 0 amide bonds. The number of rotatable bonds is 5. The first kappa shape index (κ1) is 18.1. The first-order chi connectivity index (χ1) is 11.2. The quantitative estimate of drug-likeness (QED) is 0.574. The predicted octanol–water partition coefficient (Wildman–Crippen LogP) is 4.45. The summed E-state index contributed by atoms with van der Waals surface area (Å²) >= 11 is 12.6. The molecule has 0 aliphatic heterocycles. The molecule has 24 heavy (non-hydrogen) atoms. The number of carbonyl (C=O) groups is 2. The molecular formula is C14H7Cl2NO6S. The molecule has 2 aromatic rings. The summed E-state index contributed by atoms with van der Waals surface area (Å²) in [5.74, 6) is -3.27. The Hall–Kier alpha value is -2.29. The van der Waals surface area contributed by atoms with Gasteiger partial charge in [-0.2, -0.15) is 0 Å². The highest BCUT2D eigenvalue weighted by Crippen LogP contribution is 2.40. The highest BCUT2D eigenvalue weighted by molar-refractivity contribution is 7.99. The first-order valence-electron chi connectivity index (χ1n) is 6.13. The second kappa shape index (κ2) is 7.08. The molecule has 2 N–H and O–H groups in total. The molecule has 7 nitrogen and oxygen atoms in total. The fourth-order valence-electron chi connectivity index (χ4n) is 1.90. The zero-order chi connectivity index (χ0) is 18.0. The van der Waals surface area contributed by atoms with E-state index in [2.05, 4.69) is 0 Å². The third-order valence-corrected chi connectivity index (χ3v) is 4.66. The Morgan fingerprint density at radius 1 is 1.04 bits per heavy atom. The van der Waals surface area contributed by atoms with Gasteiger partial charge in [0.25, 0.3) is 5.69 Å². The van der Waals surface area contributed by atoms with Crippen LogP contribution in [0.4, 0.5) is 5.69 Å². The van der Waals surface area contributed by atoms with Crippen molar-refractivity contribution in [2.24, 2.45) is 0 Å². The van der Waals surface area contributed by atoms with Crippen LogP contribution in [0.3, 0.4) is 0 Å². The van der Waals surface area contributed by atoms with E-state index in [0.717, 1.165) is 17.8 Å². The number of carboxylic acids is 2. The van der Waals surface area contributed by atoms with Crippen molar-refractivity contribution in [1.82, 2.24) is 0 Å². The minimum atomic E-state index is -1.70. The molecule has 0 aliphatic carbocycles. The highest BCUT2D eigenvalue weighted by atomic mass is 35.5. The van der Waals surface area contributed by atoms with Crippen molar-refractivity contribution in [1.29, 1.82) is 0 Å². The number of nitro groups is 1. The zero-order valence-electron chi connectivity index (χ0n) is 11.5. The van der Waals surface area contributed by atoms with Crippen molar-refractivity contribution >= 4 is 52.6 Å². The molecule has 0 aromatic heterocycles. The molecule has 0 atom stereocenters. The molecule has 0 saturated carbocycles. The molecule has 0 bridgehead atoms. The number of halogens is 2. The normalized spacial score (nSPS) is 10.4. The largest absolute Gasteiger partial charge is 0.478 e. The Morgan fingerprint density at radius 2 is 1.71 bits per heavy atom. The molecule has 0 heterocycles. The predicted molar refractivity (Wildman–Crippen MR) is 87.6 cm³/mol. The summed E-state index contributed by atoms with van der Waals surface area (Å²) in [6.07, 6.45) is 0. The zero-order valence-corrected chi connectivity index (χ0v) is 13.9. The van der Waals surface area contributed by atoms with E-state index < -0.39 is 33.7 Å². The molecule has 2 aromatic carbocycles. The number of nitrogens with zero attached hydrogens (tertiary/aromatic N) is 1. The van der Waals surface area contributed by atoms with E-state index >= 15 is 0 Å². The topological polar surface area (TPSA) is 118 Å². The van der Waals surface area contributed by atoms with Gasteiger partial charge in [0.15, 0.2) is 5.56 Å². The van der Waals surface area contributed by atoms with Gasteiger partial charge in [-0.3, -0.25) is 10.1 Å². The van der Waals surface area contributed by atoms with Gasteiger partial charge in [-0.15, -0.1) is 0 Å². The lowest BCUT2D eigenvalue weighted by atomic mass is 10.1. The van der Waals surface area contributed by atoms with Crippen LogP contribution in [0.2, 0.25) is 10.0 Å². The molecule has 0 radical (unpaired) electrons. The van der Waals surface area contributed by atoms with E-state index in [9.17, 15) is 24.8 Å². The molecule has 124 valence electrons. The van der Waals surface area contributed by atoms with Gasteiger partial charge in [-0.05, 0) is 30.3 Å². The van der Waals surface area contributed by atoms with Crippen LogP contribution in [0, 0.1) is 10.1 Å². The first-order valence-corrected chi connectivity index (χ1v) is 7.70. The lowest BCUT2D eigenvalue weighted by Gasteiger charge is -2.08. The maximum absolute atomic E-state index is 11.3. The van der Waals surface area contributed by atoms with E-state index in [4.69, 9.17) is 28.3 Å². The van der Waals surface area contributed by atoms with Crippen LogP contribution >= 0.6 is 35.0 Å². The summed E-state index contributed by atoms with van der Waals surface area (Å²) < 4.78 is 0. The number of benzene rings is 2. The summed E-state index contributed by atoms with van der Waals surface area (Å²) in [7, 11) is 0. The summed E-state index contributed by atoms with van der Waals surface area (Å²) in [6, 6.07) is 6.69. The second-order valence-electron chi connectivity index (χ2n) is 4.38. The summed E-state index contributed by atoms with van der Waals surface area (Å²) in [5.41, 5.74) is -2.33. The van der Waals surface area contributed by atoms with Gasteiger partial charge in [-0.1, -0.05) is 35.0 Å². The number of carboxylic acid groups (broad SMARTS) is 2. The Morgan fingerprint density at radius 3 is 2.21 bits per heavy atom. The van der Waals surface area contributed by atoms with Crippen LogP contribution in [0.15, 0.2) is 40.1 Å². The van der Waals surface area contributed by atoms with E-state index in [0.29, 0.717) is 9.92 Å². The van der Waals surface area contributed by atoms with Crippen molar-refractivity contribution in [3.05, 3.63) is 61.6 Å². The van der Waals surface area contributed by atoms with Gasteiger partial charge in [0.2, 0.25) is 0 Å². The van der Waals surface area contributed by atoms with Crippen LogP contribution in [0.1, 0.15) is 20.7 Å².